The van der Waals surface area contributed by atoms with Crippen molar-refractivity contribution in [3.63, 3.8) is 0 Å². The molecule has 2 N–H and O–H groups in total. The van der Waals surface area contributed by atoms with Crippen molar-refractivity contribution in [1.82, 2.24) is 10.2 Å². The smallest absolute Gasteiger partial charge is 0.220 e. The number of rotatable bonds is 7. The van der Waals surface area contributed by atoms with Crippen molar-refractivity contribution in [1.29, 1.82) is 0 Å². The van der Waals surface area contributed by atoms with E-state index in [1.165, 1.54) is 32.1 Å². The molecule has 1 atom stereocenters. The first-order valence-corrected chi connectivity index (χ1v) is 9.32. The van der Waals surface area contributed by atoms with Crippen LogP contribution in [0.4, 0.5) is 0 Å². The van der Waals surface area contributed by atoms with E-state index in [1.807, 2.05) is 0 Å². The molecule has 1 aliphatic heterocycles. The molecule has 0 bridgehead atoms. The molecule has 2 rings (SSSR count). The van der Waals surface area contributed by atoms with E-state index < -0.39 is 0 Å². The molecule has 1 saturated heterocycles. The van der Waals surface area contributed by atoms with Gasteiger partial charge >= 0.3 is 0 Å². The Labute approximate surface area is 135 Å². The van der Waals surface area contributed by atoms with Crippen LogP contribution in [0.1, 0.15) is 64.7 Å². The van der Waals surface area contributed by atoms with Crippen molar-refractivity contribution in [2.24, 2.45) is 11.8 Å². The van der Waals surface area contributed by atoms with E-state index in [0.29, 0.717) is 12.3 Å². The van der Waals surface area contributed by atoms with Gasteiger partial charge in [-0.3, -0.25) is 4.79 Å². The highest BCUT2D eigenvalue weighted by Crippen LogP contribution is 2.31. The first kappa shape index (κ1) is 17.7. The summed E-state index contributed by atoms with van der Waals surface area (Å²) in [5.74, 6) is 1.52. The van der Waals surface area contributed by atoms with Crippen molar-refractivity contribution in [3.8, 4) is 0 Å². The summed E-state index contributed by atoms with van der Waals surface area (Å²) in [4.78, 5) is 14.4. The van der Waals surface area contributed by atoms with Crippen LogP contribution in [-0.4, -0.2) is 48.2 Å². The molecule has 1 unspecified atom stereocenters. The van der Waals surface area contributed by atoms with E-state index in [4.69, 9.17) is 0 Å². The predicted octanol–water partition coefficient (Wildman–Crippen LogP) is 2.56. The molecule has 0 aromatic rings. The van der Waals surface area contributed by atoms with Crippen LogP contribution < -0.4 is 5.32 Å². The normalized spacial score (nSPS) is 23.4. The summed E-state index contributed by atoms with van der Waals surface area (Å²) < 4.78 is 0. The molecule has 0 spiro atoms. The van der Waals surface area contributed by atoms with Gasteiger partial charge in [-0.05, 0) is 37.6 Å². The highest BCUT2D eigenvalue weighted by atomic mass is 16.3. The Morgan fingerprint density at radius 3 is 2.55 bits per heavy atom. The standard InChI is InChI=1S/C18H34N2O2/c1-15(16-6-3-2-4-7-16)14-18(22)19-10-5-11-20-12-8-17(21)9-13-20/h15-17,21H,2-14H2,1H3,(H,19,22). The Balaban J connectivity index is 1.52. The molecule has 4 heteroatoms. The second kappa shape index (κ2) is 9.51. The fraction of sp³-hybridized carbons (Fsp3) is 0.944. The molecule has 1 heterocycles. The Morgan fingerprint density at radius 2 is 1.86 bits per heavy atom. The third-order valence-electron chi connectivity index (χ3n) is 5.49. The second-order valence-corrected chi connectivity index (χ2v) is 7.36. The minimum atomic E-state index is -0.0998. The highest BCUT2D eigenvalue weighted by Gasteiger charge is 2.22. The van der Waals surface area contributed by atoms with Gasteiger partial charge in [-0.1, -0.05) is 39.0 Å². The lowest BCUT2D eigenvalue weighted by atomic mass is 9.79. The van der Waals surface area contributed by atoms with E-state index in [0.717, 1.165) is 51.4 Å². The van der Waals surface area contributed by atoms with Crippen LogP contribution in [0.5, 0.6) is 0 Å². The van der Waals surface area contributed by atoms with Gasteiger partial charge in [0.15, 0.2) is 0 Å². The van der Waals surface area contributed by atoms with Crippen molar-refractivity contribution < 1.29 is 9.90 Å². The molecule has 1 aliphatic carbocycles. The second-order valence-electron chi connectivity index (χ2n) is 7.36. The lowest BCUT2D eigenvalue weighted by Gasteiger charge is -2.29. The maximum atomic E-state index is 12.0. The molecule has 2 aliphatic rings. The molecule has 128 valence electrons. The van der Waals surface area contributed by atoms with Gasteiger partial charge in [0.1, 0.15) is 0 Å². The van der Waals surface area contributed by atoms with E-state index in [-0.39, 0.29) is 12.0 Å². The average molecular weight is 310 g/mol. The lowest BCUT2D eigenvalue weighted by Crippen LogP contribution is -2.37. The summed E-state index contributed by atoms with van der Waals surface area (Å²) in [6.07, 6.45) is 10.1. The van der Waals surface area contributed by atoms with Crippen LogP contribution in [0.15, 0.2) is 0 Å². The quantitative estimate of drug-likeness (QED) is 0.711. The summed E-state index contributed by atoms with van der Waals surface area (Å²) in [5, 5.41) is 12.6. The Kier molecular flexibility index (Phi) is 7.67. The number of nitrogens with zero attached hydrogens (tertiary/aromatic N) is 1. The van der Waals surface area contributed by atoms with E-state index in [9.17, 15) is 9.90 Å². The van der Waals surface area contributed by atoms with Crippen molar-refractivity contribution >= 4 is 5.91 Å². The third-order valence-corrected chi connectivity index (χ3v) is 5.49. The lowest BCUT2D eigenvalue weighted by molar-refractivity contribution is -0.122. The molecule has 1 saturated carbocycles. The number of piperidine rings is 1. The van der Waals surface area contributed by atoms with E-state index >= 15 is 0 Å². The zero-order valence-electron chi connectivity index (χ0n) is 14.2. The van der Waals surface area contributed by atoms with Crippen LogP contribution in [0, 0.1) is 11.8 Å². The van der Waals surface area contributed by atoms with E-state index in [1.54, 1.807) is 0 Å². The van der Waals surface area contributed by atoms with Gasteiger partial charge in [-0.15, -0.1) is 0 Å². The number of carbonyl (C=O) groups excluding carboxylic acids is 1. The molecular formula is C18H34N2O2. The molecule has 0 radical (unpaired) electrons. The van der Waals surface area contributed by atoms with Crippen molar-refractivity contribution in [2.75, 3.05) is 26.2 Å². The number of aliphatic hydroxyl groups excluding tert-OH is 1. The number of hydrogen-bond donors (Lipinski definition) is 2. The molecule has 1 amide bonds. The topological polar surface area (TPSA) is 52.6 Å². The average Bonchev–Trinajstić information content (AvgIpc) is 2.54. The van der Waals surface area contributed by atoms with Gasteiger partial charge in [0.05, 0.1) is 6.10 Å². The SMILES string of the molecule is CC(CC(=O)NCCCN1CCC(O)CC1)C1CCCCC1. The summed E-state index contributed by atoms with van der Waals surface area (Å²) in [6, 6.07) is 0. The number of carbonyl (C=O) groups is 1. The number of likely N-dealkylation sites (tertiary alicyclic amines) is 1. The largest absolute Gasteiger partial charge is 0.393 e. The summed E-state index contributed by atoms with van der Waals surface area (Å²) in [6.45, 7) is 6.05. The Hall–Kier alpha value is -0.610. The maximum Gasteiger partial charge on any atom is 0.220 e. The molecule has 0 aromatic heterocycles. The Bertz CT molecular complexity index is 321. The molecule has 4 nitrogen and oxygen atoms in total. The van der Waals surface area contributed by atoms with Gasteiger partial charge in [0.25, 0.3) is 0 Å². The summed E-state index contributed by atoms with van der Waals surface area (Å²) in [7, 11) is 0. The van der Waals surface area contributed by atoms with Gasteiger partial charge in [-0.25, -0.2) is 0 Å². The summed E-state index contributed by atoms with van der Waals surface area (Å²) >= 11 is 0. The van der Waals surface area contributed by atoms with Crippen LogP contribution in [-0.2, 0) is 4.79 Å². The van der Waals surface area contributed by atoms with E-state index in [2.05, 4.69) is 17.1 Å². The van der Waals surface area contributed by atoms with Gasteiger partial charge in [0, 0.05) is 26.1 Å². The van der Waals surface area contributed by atoms with Crippen LogP contribution >= 0.6 is 0 Å². The van der Waals surface area contributed by atoms with Gasteiger partial charge < -0.3 is 15.3 Å². The van der Waals surface area contributed by atoms with Crippen LogP contribution in [0.25, 0.3) is 0 Å². The molecule has 0 aromatic carbocycles. The minimum absolute atomic E-state index is 0.0998. The Morgan fingerprint density at radius 1 is 1.18 bits per heavy atom. The minimum Gasteiger partial charge on any atom is -0.393 e. The number of nitrogens with one attached hydrogen (secondary N) is 1. The zero-order chi connectivity index (χ0) is 15.8. The number of amides is 1. The molecule has 22 heavy (non-hydrogen) atoms. The predicted molar refractivity (Wildman–Crippen MR) is 89.7 cm³/mol. The van der Waals surface area contributed by atoms with Gasteiger partial charge in [-0.2, -0.15) is 0 Å². The van der Waals surface area contributed by atoms with Crippen LogP contribution in [0.2, 0.25) is 0 Å². The first-order valence-electron chi connectivity index (χ1n) is 9.32. The van der Waals surface area contributed by atoms with Crippen LogP contribution in [0.3, 0.4) is 0 Å². The fourth-order valence-electron chi connectivity index (χ4n) is 3.91. The van der Waals surface area contributed by atoms with Crippen molar-refractivity contribution in [2.45, 2.75) is 70.8 Å². The fourth-order valence-corrected chi connectivity index (χ4v) is 3.91. The summed E-state index contributed by atoms with van der Waals surface area (Å²) in [5.41, 5.74) is 0. The monoisotopic (exact) mass is 310 g/mol. The van der Waals surface area contributed by atoms with Crippen molar-refractivity contribution in [3.05, 3.63) is 0 Å². The number of aliphatic hydroxyl groups is 1. The first-order chi connectivity index (χ1) is 10.6. The third kappa shape index (κ3) is 6.25. The number of hydrogen-bond acceptors (Lipinski definition) is 3. The molecular weight excluding hydrogens is 276 g/mol. The highest BCUT2D eigenvalue weighted by molar-refractivity contribution is 5.76. The molecule has 2 fully saturated rings. The zero-order valence-corrected chi connectivity index (χ0v) is 14.2. The maximum absolute atomic E-state index is 12.0. The van der Waals surface area contributed by atoms with Gasteiger partial charge in [0.2, 0.25) is 5.91 Å².